The predicted octanol–water partition coefficient (Wildman–Crippen LogP) is 2.53. The number of carbonyl (C=O) groups is 1. The van der Waals surface area contributed by atoms with Gasteiger partial charge in [-0.05, 0) is 31.3 Å². The summed E-state index contributed by atoms with van der Waals surface area (Å²) in [6.45, 7) is 1.81. The average molecular weight is 351 g/mol. The van der Waals surface area contributed by atoms with E-state index in [0.29, 0.717) is 17.1 Å². The molecular weight excluding hydrogens is 334 g/mol. The zero-order chi connectivity index (χ0) is 17.8. The van der Waals surface area contributed by atoms with Crippen LogP contribution in [0.2, 0.25) is 0 Å². The SMILES string of the molecule is CC1=NN(c2ccccc2)C(=NNC(N)=S)C1C(=O)c1ccccc1. The Balaban J connectivity index is 2.02. The summed E-state index contributed by atoms with van der Waals surface area (Å²) in [6, 6.07) is 18.6. The number of amidine groups is 1. The third kappa shape index (κ3) is 3.56. The molecule has 7 heteroatoms. The number of hydrogen-bond acceptors (Lipinski definition) is 4. The maximum absolute atomic E-state index is 13.0. The minimum atomic E-state index is -0.607. The Kier molecular flexibility index (Phi) is 4.85. The van der Waals surface area contributed by atoms with Crippen molar-refractivity contribution in [1.82, 2.24) is 5.43 Å². The van der Waals surface area contributed by atoms with E-state index in [-0.39, 0.29) is 10.9 Å². The Hall–Kier alpha value is -3.06. The third-order valence-electron chi connectivity index (χ3n) is 3.75. The van der Waals surface area contributed by atoms with Crippen molar-refractivity contribution in [2.45, 2.75) is 6.92 Å². The number of thiocarbonyl (C=S) groups is 1. The molecule has 0 aromatic heterocycles. The summed E-state index contributed by atoms with van der Waals surface area (Å²) in [5.41, 5.74) is 10.1. The second-order valence-electron chi connectivity index (χ2n) is 5.50. The summed E-state index contributed by atoms with van der Waals surface area (Å²) < 4.78 is 0. The maximum Gasteiger partial charge on any atom is 0.184 e. The van der Waals surface area contributed by atoms with Gasteiger partial charge in [0.2, 0.25) is 0 Å². The van der Waals surface area contributed by atoms with Crippen molar-refractivity contribution < 1.29 is 4.79 Å². The highest BCUT2D eigenvalue weighted by atomic mass is 32.1. The molecule has 0 aliphatic carbocycles. The molecule has 25 heavy (non-hydrogen) atoms. The largest absolute Gasteiger partial charge is 0.375 e. The van der Waals surface area contributed by atoms with E-state index in [4.69, 9.17) is 18.0 Å². The van der Waals surface area contributed by atoms with Crippen LogP contribution in [-0.4, -0.2) is 22.4 Å². The molecule has 0 saturated carbocycles. The lowest BCUT2D eigenvalue weighted by Crippen LogP contribution is -2.36. The molecule has 0 radical (unpaired) electrons. The Morgan fingerprint density at radius 3 is 2.36 bits per heavy atom. The molecule has 3 N–H and O–H groups in total. The summed E-state index contributed by atoms with van der Waals surface area (Å²) in [6.07, 6.45) is 0. The molecule has 1 unspecified atom stereocenters. The molecule has 1 aliphatic heterocycles. The van der Waals surface area contributed by atoms with Gasteiger partial charge >= 0.3 is 0 Å². The number of ketones is 1. The second kappa shape index (κ2) is 7.23. The van der Waals surface area contributed by atoms with Gasteiger partial charge in [-0.1, -0.05) is 48.5 Å². The van der Waals surface area contributed by atoms with E-state index < -0.39 is 5.92 Å². The number of hydrogen-bond donors (Lipinski definition) is 2. The second-order valence-corrected chi connectivity index (χ2v) is 5.94. The molecule has 3 rings (SSSR count). The number of carbonyl (C=O) groups excluding carboxylic acids is 1. The van der Waals surface area contributed by atoms with Crippen molar-refractivity contribution >= 4 is 40.3 Å². The fourth-order valence-electron chi connectivity index (χ4n) is 2.64. The quantitative estimate of drug-likeness (QED) is 0.502. The van der Waals surface area contributed by atoms with Gasteiger partial charge in [0.05, 0.1) is 11.4 Å². The molecule has 1 heterocycles. The molecule has 0 amide bonds. The molecule has 1 atom stereocenters. The van der Waals surface area contributed by atoms with Crippen LogP contribution in [0, 0.1) is 5.92 Å². The van der Waals surface area contributed by atoms with E-state index in [1.807, 2.05) is 55.5 Å². The first-order valence-electron chi connectivity index (χ1n) is 7.70. The molecule has 2 aromatic carbocycles. The van der Waals surface area contributed by atoms with Crippen LogP contribution in [0.15, 0.2) is 70.9 Å². The maximum atomic E-state index is 13.0. The van der Waals surface area contributed by atoms with Gasteiger partial charge in [0.15, 0.2) is 16.7 Å². The summed E-state index contributed by atoms with van der Waals surface area (Å²) in [7, 11) is 0. The van der Waals surface area contributed by atoms with Gasteiger partial charge in [-0.2, -0.15) is 10.2 Å². The highest BCUT2D eigenvalue weighted by Crippen LogP contribution is 2.27. The normalized spacial score (nSPS) is 18.1. The van der Waals surface area contributed by atoms with Crippen molar-refractivity contribution in [2.24, 2.45) is 21.9 Å². The molecule has 6 nitrogen and oxygen atoms in total. The van der Waals surface area contributed by atoms with Crippen molar-refractivity contribution in [1.29, 1.82) is 0 Å². The van der Waals surface area contributed by atoms with E-state index in [1.165, 1.54) is 0 Å². The van der Waals surface area contributed by atoms with Crippen LogP contribution < -0.4 is 16.2 Å². The summed E-state index contributed by atoms with van der Waals surface area (Å²) >= 11 is 4.83. The summed E-state index contributed by atoms with van der Waals surface area (Å²) in [4.78, 5) is 13.0. The number of nitrogens with one attached hydrogen (secondary N) is 1. The standard InChI is InChI=1S/C18H17N5OS/c1-12-15(16(24)13-8-4-2-5-9-13)17(20-21-18(19)25)23(22-12)14-10-6-3-7-11-14/h2-11,15H,1H3,(H3,19,21,25). The molecular formula is C18H17N5OS. The van der Waals surface area contributed by atoms with E-state index in [9.17, 15) is 4.79 Å². The predicted molar refractivity (Wildman–Crippen MR) is 104 cm³/mol. The molecule has 0 bridgehead atoms. The Bertz CT molecular complexity index is 848. The number of hydrazone groups is 2. The molecule has 1 aliphatic rings. The van der Waals surface area contributed by atoms with Gasteiger partial charge < -0.3 is 5.73 Å². The third-order valence-corrected chi connectivity index (χ3v) is 3.84. The van der Waals surface area contributed by atoms with E-state index in [2.05, 4.69) is 15.6 Å². The number of para-hydroxylation sites is 1. The van der Waals surface area contributed by atoms with Crippen LogP contribution >= 0.6 is 12.2 Å². The van der Waals surface area contributed by atoms with Crippen LogP contribution in [0.5, 0.6) is 0 Å². The number of rotatable bonds is 4. The topological polar surface area (TPSA) is 83.1 Å². The van der Waals surface area contributed by atoms with E-state index >= 15 is 0 Å². The van der Waals surface area contributed by atoms with Gasteiger partial charge in [-0.3, -0.25) is 10.2 Å². The fraction of sp³-hybridized carbons (Fsp3) is 0.111. The van der Waals surface area contributed by atoms with Crippen LogP contribution in [0.1, 0.15) is 17.3 Å². The van der Waals surface area contributed by atoms with Crippen molar-refractivity contribution in [3.63, 3.8) is 0 Å². The van der Waals surface area contributed by atoms with Gasteiger partial charge in [0.25, 0.3) is 0 Å². The van der Waals surface area contributed by atoms with Crippen molar-refractivity contribution in [3.05, 3.63) is 66.2 Å². The minimum absolute atomic E-state index is 0.0241. The van der Waals surface area contributed by atoms with Gasteiger partial charge in [-0.25, -0.2) is 5.01 Å². The Labute approximate surface area is 151 Å². The Morgan fingerprint density at radius 1 is 1.16 bits per heavy atom. The lowest BCUT2D eigenvalue weighted by molar-refractivity contribution is 0.0979. The van der Waals surface area contributed by atoms with Gasteiger partial charge in [-0.15, -0.1) is 0 Å². The van der Waals surface area contributed by atoms with Crippen LogP contribution in [0.4, 0.5) is 5.69 Å². The first-order valence-corrected chi connectivity index (χ1v) is 8.11. The first-order chi connectivity index (χ1) is 12.1. The highest BCUT2D eigenvalue weighted by Gasteiger charge is 2.38. The highest BCUT2D eigenvalue weighted by molar-refractivity contribution is 7.80. The fourth-order valence-corrected chi connectivity index (χ4v) is 2.68. The molecule has 126 valence electrons. The molecule has 0 fully saturated rings. The number of nitrogens with two attached hydrogens (primary N) is 1. The van der Waals surface area contributed by atoms with E-state index in [1.54, 1.807) is 17.1 Å². The van der Waals surface area contributed by atoms with Crippen molar-refractivity contribution in [3.8, 4) is 0 Å². The molecule has 2 aromatic rings. The average Bonchev–Trinajstić information content (AvgIpc) is 2.97. The van der Waals surface area contributed by atoms with Crippen LogP contribution in [0.25, 0.3) is 0 Å². The van der Waals surface area contributed by atoms with Gasteiger partial charge in [0, 0.05) is 5.56 Å². The monoisotopic (exact) mass is 351 g/mol. The number of anilines is 1. The first kappa shape index (κ1) is 16.8. The molecule has 0 saturated heterocycles. The van der Waals surface area contributed by atoms with E-state index in [0.717, 1.165) is 5.69 Å². The zero-order valence-electron chi connectivity index (χ0n) is 13.6. The van der Waals surface area contributed by atoms with Crippen LogP contribution in [-0.2, 0) is 0 Å². The Morgan fingerprint density at radius 2 is 1.76 bits per heavy atom. The van der Waals surface area contributed by atoms with Gasteiger partial charge in [0.1, 0.15) is 5.92 Å². The van der Waals surface area contributed by atoms with Crippen LogP contribution in [0.3, 0.4) is 0 Å². The minimum Gasteiger partial charge on any atom is -0.375 e. The summed E-state index contributed by atoms with van der Waals surface area (Å²) in [5.74, 6) is -0.251. The summed E-state index contributed by atoms with van der Waals surface area (Å²) in [5, 5.41) is 10.4. The zero-order valence-corrected chi connectivity index (χ0v) is 14.4. The smallest absolute Gasteiger partial charge is 0.184 e. The van der Waals surface area contributed by atoms with Crippen molar-refractivity contribution in [2.75, 3.05) is 5.01 Å². The number of Topliss-reactive ketones (excluding diaryl/α,β-unsaturated/α-hetero) is 1. The lowest BCUT2D eigenvalue weighted by atomic mass is 9.93. The number of benzene rings is 2. The lowest BCUT2D eigenvalue weighted by Gasteiger charge is -2.18. The molecule has 0 spiro atoms. The number of nitrogens with zero attached hydrogens (tertiary/aromatic N) is 3.